The lowest BCUT2D eigenvalue weighted by molar-refractivity contribution is -0.122. The van der Waals surface area contributed by atoms with Gasteiger partial charge in [0.05, 0.1) is 42.2 Å². The number of hydrogen-bond acceptors (Lipinski definition) is 11. The fourth-order valence-corrected chi connectivity index (χ4v) is 9.17. The molecule has 2 aliphatic rings. The lowest BCUT2D eigenvalue weighted by Gasteiger charge is -2.34. The number of likely N-dealkylation sites (tertiary alicyclic amines) is 2. The molecule has 0 radical (unpaired) electrons. The van der Waals surface area contributed by atoms with Crippen molar-refractivity contribution < 1.29 is 51.6 Å². The summed E-state index contributed by atoms with van der Waals surface area (Å²) in [4.78, 5) is 47.2. The van der Waals surface area contributed by atoms with E-state index >= 15 is 0 Å². The predicted octanol–water partition coefficient (Wildman–Crippen LogP) is 11.4. The third-order valence-corrected chi connectivity index (χ3v) is 13.4. The number of nitrogens with two attached hydrogens (primary N) is 1. The van der Waals surface area contributed by atoms with Crippen molar-refractivity contribution in [3.63, 3.8) is 0 Å². The predicted molar refractivity (Wildman–Crippen MR) is 304 cm³/mol. The van der Waals surface area contributed by atoms with Gasteiger partial charge < -0.3 is 54.5 Å². The Hall–Kier alpha value is -6.93. The Morgan fingerprint density at radius 1 is 0.630 bits per heavy atom. The smallest absolute Gasteiger partial charge is 0.410 e. The van der Waals surface area contributed by atoms with Gasteiger partial charge in [0.25, 0.3) is 0 Å². The summed E-state index contributed by atoms with van der Waals surface area (Å²) in [7, 11) is 0. The van der Waals surface area contributed by atoms with Crippen molar-refractivity contribution >= 4 is 18.5 Å². The number of nitrogens with one attached hydrogen (secondary N) is 1. The maximum atomic E-state index is 14.1. The van der Waals surface area contributed by atoms with Gasteiger partial charge in [-0.2, -0.15) is 0 Å². The van der Waals surface area contributed by atoms with Gasteiger partial charge in [0.2, 0.25) is 0 Å². The van der Waals surface area contributed by atoms with Gasteiger partial charge in [-0.1, -0.05) is 90.1 Å². The second-order valence-electron chi connectivity index (χ2n) is 25.3. The van der Waals surface area contributed by atoms with E-state index in [1.165, 1.54) is 58.3 Å². The number of ether oxygens (including phenoxy) is 2. The van der Waals surface area contributed by atoms with Crippen molar-refractivity contribution in [2.75, 3.05) is 32.7 Å². The van der Waals surface area contributed by atoms with Crippen LogP contribution in [0.1, 0.15) is 131 Å². The zero-order valence-corrected chi connectivity index (χ0v) is 48.7. The van der Waals surface area contributed by atoms with Crippen molar-refractivity contribution in [3.8, 4) is 22.5 Å². The van der Waals surface area contributed by atoms with Crippen molar-refractivity contribution in [1.29, 1.82) is 0 Å². The molecular formula is C62H80F4N8O7. The van der Waals surface area contributed by atoms with E-state index in [-0.39, 0.29) is 72.2 Å². The number of benzene rings is 4. The Morgan fingerprint density at radius 2 is 1.05 bits per heavy atom. The summed E-state index contributed by atoms with van der Waals surface area (Å²) < 4.78 is 69.7. The van der Waals surface area contributed by atoms with Gasteiger partial charge in [-0.3, -0.25) is 0 Å². The van der Waals surface area contributed by atoms with Crippen LogP contribution in [0.3, 0.4) is 0 Å². The molecule has 4 heterocycles. The van der Waals surface area contributed by atoms with E-state index < -0.39 is 34.6 Å². The van der Waals surface area contributed by atoms with E-state index in [2.05, 4.69) is 31.1 Å². The van der Waals surface area contributed by atoms with E-state index in [1.54, 1.807) is 51.1 Å². The molecule has 0 bridgehead atoms. The van der Waals surface area contributed by atoms with Crippen LogP contribution in [0.5, 0.6) is 0 Å². The van der Waals surface area contributed by atoms with Gasteiger partial charge in [-0.05, 0) is 118 Å². The number of nitrogens with zero attached hydrogens (tertiary/aromatic N) is 6. The highest BCUT2D eigenvalue weighted by atomic mass is 19.1. The highest BCUT2D eigenvalue weighted by Crippen LogP contribution is 2.37. The van der Waals surface area contributed by atoms with Gasteiger partial charge in [-0.25, -0.2) is 37.1 Å². The Morgan fingerprint density at radius 3 is 1.46 bits per heavy atom. The third kappa shape index (κ3) is 18.3. The zero-order valence-electron chi connectivity index (χ0n) is 48.7. The minimum Gasteiger partial charge on any atom is -0.444 e. The molecule has 2 aliphatic heterocycles. The monoisotopic (exact) mass is 1120 g/mol. The topological polar surface area (TPSA) is 190 Å². The summed E-state index contributed by atoms with van der Waals surface area (Å²) in [5.74, 6) is 0.0939. The van der Waals surface area contributed by atoms with E-state index in [0.29, 0.717) is 73.0 Å². The minimum atomic E-state index is -1.39. The maximum Gasteiger partial charge on any atom is 0.410 e. The molecule has 2 amide bonds. The number of imidazole rings is 2. The average molecular weight is 1130 g/mol. The van der Waals surface area contributed by atoms with Crippen LogP contribution in [0.25, 0.3) is 22.5 Å². The molecule has 8 rings (SSSR count). The molecule has 0 spiro atoms. The molecule has 438 valence electrons. The quantitative estimate of drug-likeness (QED) is 0.0674. The lowest BCUT2D eigenvalue weighted by Crippen LogP contribution is -2.47. The Labute approximate surface area is 473 Å². The van der Waals surface area contributed by atoms with Crippen molar-refractivity contribution in [3.05, 3.63) is 156 Å². The van der Waals surface area contributed by atoms with Crippen LogP contribution in [-0.4, -0.2) is 113 Å². The molecule has 2 fully saturated rings. The summed E-state index contributed by atoms with van der Waals surface area (Å²) in [5.41, 5.74) is 6.33. The Kier molecular flexibility index (Phi) is 19.9. The first-order chi connectivity index (χ1) is 37.6. The SMILES string of the molecule is CC(C)(C)OC(=O)N1CCC(O)(C=O)C1.CC(C)(C)OC(=O)N1CCC(O)(CN[C@@H](c2nc(-c3cccc(F)c3)cn2Cc2cccc(F)c2)C(C)(C)C)C1.CC(C)(C)[C@@H](N)c1nc(-c2cccc(F)c2)cn1Cc1cccc(F)c1. The highest BCUT2D eigenvalue weighted by Gasteiger charge is 2.42. The van der Waals surface area contributed by atoms with Crippen LogP contribution < -0.4 is 11.1 Å². The molecule has 15 nitrogen and oxygen atoms in total. The number of aliphatic hydroxyl groups is 2. The van der Waals surface area contributed by atoms with E-state index in [1.807, 2.05) is 81.3 Å². The van der Waals surface area contributed by atoms with Crippen LogP contribution in [0, 0.1) is 34.1 Å². The van der Waals surface area contributed by atoms with Crippen molar-refractivity contribution in [1.82, 2.24) is 34.2 Å². The van der Waals surface area contributed by atoms with E-state index in [0.717, 1.165) is 11.1 Å². The molecular weight excluding hydrogens is 1040 g/mol. The lowest BCUT2D eigenvalue weighted by atomic mass is 9.85. The van der Waals surface area contributed by atoms with E-state index in [4.69, 9.17) is 20.2 Å². The van der Waals surface area contributed by atoms with Crippen molar-refractivity contribution in [2.24, 2.45) is 16.6 Å². The number of carbonyl (C=O) groups is 3. The van der Waals surface area contributed by atoms with Crippen LogP contribution in [0.4, 0.5) is 27.2 Å². The first-order valence-corrected chi connectivity index (χ1v) is 27.1. The molecule has 0 aliphatic carbocycles. The fourth-order valence-electron chi connectivity index (χ4n) is 9.17. The first-order valence-electron chi connectivity index (χ1n) is 27.1. The fraction of sp³-hybridized carbons (Fsp3) is 0.468. The van der Waals surface area contributed by atoms with Gasteiger partial charge in [0.1, 0.15) is 51.7 Å². The standard InChI is InChI=1S/C31H40F2N4O3.C21H23F2N3.C10H17NO4/c1-29(2,3)26(34-19-31(39)13-14-36(20-31)28(38)40-30(4,5)6)27-35-25(22-10-8-12-24(33)16-22)18-37(27)17-21-9-7-11-23(32)15-21;1-21(2,3)19(24)20-25-18(15-7-5-9-17(23)11-15)13-26(20)12-14-6-4-8-16(22)10-14;1-9(2,3)15-8(13)11-5-4-10(14,6-11)7-12/h7-12,15-16,18,26,34,39H,13-14,17,19-20H2,1-6H3;4-11,13,19H,12,24H2,1-3H3;7,14H,4-6H2,1-3H3/t26-,31?;19-;/m00./s1. The molecule has 19 heteroatoms. The molecule has 2 aromatic heterocycles. The normalized spacial score (nSPS) is 18.3. The van der Waals surface area contributed by atoms with Gasteiger partial charge in [-0.15, -0.1) is 0 Å². The van der Waals surface area contributed by atoms with Gasteiger partial charge in [0, 0.05) is 62.7 Å². The zero-order chi connectivity index (χ0) is 59.9. The van der Waals surface area contributed by atoms with Crippen LogP contribution in [0.15, 0.2) is 109 Å². The minimum absolute atomic E-state index is 0.0193. The number of amides is 2. The van der Waals surface area contributed by atoms with Crippen LogP contribution in [0.2, 0.25) is 0 Å². The Bertz CT molecular complexity index is 3120. The molecule has 5 N–H and O–H groups in total. The number of hydrogen-bond donors (Lipinski definition) is 4. The number of halogens is 4. The van der Waals surface area contributed by atoms with Gasteiger partial charge >= 0.3 is 12.2 Å². The molecule has 4 atom stereocenters. The summed E-state index contributed by atoms with van der Waals surface area (Å²) in [6.45, 7) is 25.0. The number of rotatable bonds is 12. The summed E-state index contributed by atoms with van der Waals surface area (Å²) in [5, 5.41) is 24.5. The molecule has 2 saturated heterocycles. The molecule has 6 aromatic rings. The highest BCUT2D eigenvalue weighted by molar-refractivity contribution is 5.72. The number of aromatic nitrogens is 4. The van der Waals surface area contributed by atoms with Gasteiger partial charge in [0.15, 0.2) is 6.29 Å². The summed E-state index contributed by atoms with van der Waals surface area (Å²) in [6.07, 6.45) is 3.93. The molecule has 2 unspecified atom stereocenters. The molecule has 81 heavy (non-hydrogen) atoms. The molecule has 0 saturated carbocycles. The average Bonchev–Trinajstić information content (AvgIpc) is 4.34. The second-order valence-corrected chi connectivity index (χ2v) is 25.3. The largest absolute Gasteiger partial charge is 0.444 e. The summed E-state index contributed by atoms with van der Waals surface area (Å²) >= 11 is 0. The number of aldehydes is 1. The van der Waals surface area contributed by atoms with Crippen LogP contribution >= 0.6 is 0 Å². The summed E-state index contributed by atoms with van der Waals surface area (Å²) in [6, 6.07) is 24.8. The number of carbonyl (C=O) groups excluding carboxylic acids is 3. The number of β-amino-alcohol motifs (C(OH)–C–C–N with tert-alkyl or cyclic N) is 2. The Balaban J connectivity index is 0.000000219. The van der Waals surface area contributed by atoms with Crippen LogP contribution in [-0.2, 0) is 27.4 Å². The molecule has 4 aromatic carbocycles. The second kappa shape index (κ2) is 25.5. The maximum absolute atomic E-state index is 14.1. The first kappa shape index (κ1) is 63.3. The van der Waals surface area contributed by atoms with Crippen molar-refractivity contribution in [2.45, 2.75) is 144 Å². The third-order valence-electron chi connectivity index (χ3n) is 13.4. The van der Waals surface area contributed by atoms with E-state index in [9.17, 15) is 42.2 Å².